The summed E-state index contributed by atoms with van der Waals surface area (Å²) in [4.78, 5) is 8.12. The van der Waals surface area contributed by atoms with Crippen LogP contribution in [0.3, 0.4) is 0 Å². The molecule has 0 unspecified atom stereocenters. The number of aryl methyl sites for hydroxylation is 1. The van der Waals surface area contributed by atoms with Gasteiger partial charge in [-0.2, -0.15) is 0 Å². The van der Waals surface area contributed by atoms with E-state index in [0.717, 1.165) is 9.99 Å². The lowest BCUT2D eigenvalue weighted by Crippen LogP contribution is -1.96. The van der Waals surface area contributed by atoms with Gasteiger partial charge in [0, 0.05) is 16.0 Å². The van der Waals surface area contributed by atoms with Crippen LogP contribution in [-0.2, 0) is 6.42 Å². The molecule has 4 nitrogen and oxygen atoms in total. The molecule has 0 amide bonds. The smallest absolute Gasteiger partial charge is 0.322 e. The van der Waals surface area contributed by atoms with E-state index in [9.17, 15) is 0 Å². The van der Waals surface area contributed by atoms with Crippen molar-refractivity contribution in [2.24, 2.45) is 0 Å². The maximum absolute atomic E-state index is 5.89. The molecule has 88 valence electrons. The van der Waals surface area contributed by atoms with Crippen LogP contribution in [0.5, 0.6) is 11.8 Å². The molecule has 2 rings (SSSR count). The Kier molecular flexibility index (Phi) is 3.78. The van der Waals surface area contributed by atoms with E-state index in [1.165, 1.54) is 5.56 Å². The number of nitrogens with two attached hydrogens (primary N) is 1. The largest absolute Gasteiger partial charge is 0.422 e. The quantitative estimate of drug-likeness (QED) is 0.689. The maximum atomic E-state index is 5.89. The van der Waals surface area contributed by atoms with Gasteiger partial charge >= 0.3 is 6.01 Å². The number of ether oxygens (including phenoxy) is 1. The predicted molar refractivity (Wildman–Crippen MR) is 75.1 cm³/mol. The first-order valence-corrected chi connectivity index (χ1v) is 6.30. The fraction of sp³-hybridized carbons (Fsp3) is 0.167. The lowest BCUT2D eigenvalue weighted by molar-refractivity contribution is 0.443. The highest BCUT2D eigenvalue weighted by Crippen LogP contribution is 2.26. The van der Waals surface area contributed by atoms with E-state index in [1.54, 1.807) is 12.4 Å². The third-order valence-corrected chi connectivity index (χ3v) is 2.84. The minimum Gasteiger partial charge on any atom is -0.422 e. The summed E-state index contributed by atoms with van der Waals surface area (Å²) < 4.78 is 6.48. The molecule has 5 heteroatoms. The molecule has 0 bridgehead atoms. The van der Waals surface area contributed by atoms with Crippen molar-refractivity contribution in [3.8, 4) is 11.8 Å². The van der Waals surface area contributed by atoms with Gasteiger partial charge in [-0.15, -0.1) is 0 Å². The monoisotopic (exact) mass is 341 g/mol. The molecule has 0 aliphatic heterocycles. The Bertz CT molecular complexity index is 514. The zero-order valence-electron chi connectivity index (χ0n) is 9.35. The summed E-state index contributed by atoms with van der Waals surface area (Å²) >= 11 is 2.14. The first kappa shape index (κ1) is 12.1. The fourth-order valence-corrected chi connectivity index (χ4v) is 1.64. The van der Waals surface area contributed by atoms with E-state index in [2.05, 4.69) is 39.5 Å². The van der Waals surface area contributed by atoms with Gasteiger partial charge in [0.1, 0.15) is 0 Å². The Balaban J connectivity index is 2.21. The van der Waals surface area contributed by atoms with Gasteiger partial charge in [0.05, 0.1) is 5.69 Å². The number of halogens is 1. The standard InChI is InChI=1S/C12H12IN3O/c1-2-8-3-4-11(10(14)5-8)17-12-15-6-9(13)7-16-12/h3-7H,2,14H2,1H3. The van der Waals surface area contributed by atoms with Crippen LogP contribution in [0.2, 0.25) is 0 Å². The van der Waals surface area contributed by atoms with Crippen LogP contribution in [0.1, 0.15) is 12.5 Å². The molecule has 1 heterocycles. The van der Waals surface area contributed by atoms with E-state index in [1.807, 2.05) is 18.2 Å². The van der Waals surface area contributed by atoms with E-state index < -0.39 is 0 Å². The van der Waals surface area contributed by atoms with Gasteiger partial charge in [0.15, 0.2) is 5.75 Å². The SMILES string of the molecule is CCc1ccc(Oc2ncc(I)cn2)c(N)c1. The van der Waals surface area contributed by atoms with Crippen molar-refractivity contribution in [1.82, 2.24) is 9.97 Å². The lowest BCUT2D eigenvalue weighted by Gasteiger charge is -2.07. The molecule has 1 aromatic carbocycles. The van der Waals surface area contributed by atoms with Crippen molar-refractivity contribution in [3.05, 3.63) is 39.7 Å². The van der Waals surface area contributed by atoms with Gasteiger partial charge in [-0.1, -0.05) is 13.0 Å². The van der Waals surface area contributed by atoms with Crippen LogP contribution < -0.4 is 10.5 Å². The van der Waals surface area contributed by atoms with Crippen molar-refractivity contribution in [3.63, 3.8) is 0 Å². The number of hydrogen-bond donors (Lipinski definition) is 1. The van der Waals surface area contributed by atoms with Crippen LogP contribution in [0.4, 0.5) is 5.69 Å². The summed E-state index contributed by atoms with van der Waals surface area (Å²) in [6.07, 6.45) is 4.34. The molecule has 0 saturated carbocycles. The molecule has 0 spiro atoms. The topological polar surface area (TPSA) is 61.0 Å². The highest BCUT2D eigenvalue weighted by molar-refractivity contribution is 14.1. The second-order valence-corrected chi connectivity index (χ2v) is 4.76. The average Bonchev–Trinajstić information content (AvgIpc) is 2.34. The summed E-state index contributed by atoms with van der Waals surface area (Å²) in [5.74, 6) is 0.586. The normalized spacial score (nSPS) is 10.2. The highest BCUT2D eigenvalue weighted by Gasteiger charge is 2.04. The van der Waals surface area contributed by atoms with Crippen molar-refractivity contribution in [2.75, 3.05) is 5.73 Å². The van der Waals surface area contributed by atoms with Gasteiger partial charge in [-0.05, 0) is 46.7 Å². The predicted octanol–water partition coefficient (Wildman–Crippen LogP) is 3.02. The molecule has 0 radical (unpaired) electrons. The van der Waals surface area contributed by atoms with Crippen LogP contribution >= 0.6 is 22.6 Å². The Morgan fingerprint density at radius 2 is 2.00 bits per heavy atom. The molecule has 1 aromatic heterocycles. The number of aromatic nitrogens is 2. The van der Waals surface area contributed by atoms with Crippen molar-refractivity contribution in [2.45, 2.75) is 13.3 Å². The van der Waals surface area contributed by atoms with Crippen molar-refractivity contribution in [1.29, 1.82) is 0 Å². The Hall–Kier alpha value is -1.37. The molecule has 0 aliphatic carbocycles. The summed E-state index contributed by atoms with van der Waals surface area (Å²) in [5.41, 5.74) is 7.67. The van der Waals surface area contributed by atoms with E-state index >= 15 is 0 Å². The van der Waals surface area contributed by atoms with Crippen LogP contribution in [0, 0.1) is 3.57 Å². The van der Waals surface area contributed by atoms with E-state index in [-0.39, 0.29) is 0 Å². The molecule has 0 saturated heterocycles. The van der Waals surface area contributed by atoms with Crippen LogP contribution in [0.25, 0.3) is 0 Å². The molecule has 17 heavy (non-hydrogen) atoms. The van der Waals surface area contributed by atoms with Crippen LogP contribution in [0.15, 0.2) is 30.6 Å². The van der Waals surface area contributed by atoms with Gasteiger partial charge in [-0.25, -0.2) is 9.97 Å². The van der Waals surface area contributed by atoms with Gasteiger partial charge in [0.2, 0.25) is 0 Å². The summed E-state index contributed by atoms with van der Waals surface area (Å²) in [6.45, 7) is 2.08. The van der Waals surface area contributed by atoms with Crippen LogP contribution in [-0.4, -0.2) is 9.97 Å². The summed E-state index contributed by atoms with van der Waals surface area (Å²) in [6, 6.07) is 6.04. The number of nitrogens with zero attached hydrogens (tertiary/aromatic N) is 2. The fourth-order valence-electron chi connectivity index (χ4n) is 1.36. The van der Waals surface area contributed by atoms with Gasteiger partial charge < -0.3 is 10.5 Å². The Morgan fingerprint density at radius 3 is 2.59 bits per heavy atom. The number of anilines is 1. The second-order valence-electron chi connectivity index (χ2n) is 3.51. The minimum absolute atomic E-state index is 0.307. The van der Waals surface area contributed by atoms with Crippen molar-refractivity contribution < 1.29 is 4.74 Å². The van der Waals surface area contributed by atoms with E-state index in [0.29, 0.717) is 17.4 Å². The van der Waals surface area contributed by atoms with Crippen molar-refractivity contribution >= 4 is 28.3 Å². The highest BCUT2D eigenvalue weighted by atomic mass is 127. The summed E-state index contributed by atoms with van der Waals surface area (Å²) in [5, 5.41) is 0. The first-order chi connectivity index (χ1) is 8.19. The second kappa shape index (κ2) is 5.31. The lowest BCUT2D eigenvalue weighted by atomic mass is 10.1. The summed E-state index contributed by atoms with van der Waals surface area (Å²) in [7, 11) is 0. The Labute approximate surface area is 113 Å². The number of hydrogen-bond acceptors (Lipinski definition) is 4. The molecule has 2 N–H and O–H groups in total. The zero-order valence-corrected chi connectivity index (χ0v) is 11.5. The molecule has 2 aromatic rings. The Morgan fingerprint density at radius 1 is 1.29 bits per heavy atom. The number of benzene rings is 1. The number of nitrogen functional groups attached to an aromatic ring is 1. The van der Waals surface area contributed by atoms with Gasteiger partial charge in [-0.3, -0.25) is 0 Å². The number of rotatable bonds is 3. The zero-order chi connectivity index (χ0) is 12.3. The molecular formula is C12H12IN3O. The third-order valence-electron chi connectivity index (χ3n) is 2.28. The van der Waals surface area contributed by atoms with E-state index in [4.69, 9.17) is 10.5 Å². The van der Waals surface area contributed by atoms with Gasteiger partial charge in [0.25, 0.3) is 0 Å². The maximum Gasteiger partial charge on any atom is 0.322 e. The molecule has 0 atom stereocenters. The minimum atomic E-state index is 0.307. The molecule has 0 fully saturated rings. The first-order valence-electron chi connectivity index (χ1n) is 5.23. The molecule has 0 aliphatic rings. The third kappa shape index (κ3) is 3.06. The molecular weight excluding hydrogens is 329 g/mol. The average molecular weight is 341 g/mol.